The number of aliphatic hydroxyl groups is 1. The van der Waals surface area contributed by atoms with Crippen LogP contribution in [-0.2, 0) is 13.6 Å². The van der Waals surface area contributed by atoms with Gasteiger partial charge in [0.2, 0.25) is 0 Å². The minimum Gasteiger partial charge on any atom is -0.395 e. The summed E-state index contributed by atoms with van der Waals surface area (Å²) in [4.78, 5) is 17.2. The Hall–Kier alpha value is -2.96. The van der Waals surface area contributed by atoms with Gasteiger partial charge in [-0.15, -0.1) is 0 Å². The fourth-order valence-electron chi connectivity index (χ4n) is 3.00. The van der Waals surface area contributed by atoms with E-state index in [0.29, 0.717) is 18.9 Å². The van der Waals surface area contributed by atoms with Crippen LogP contribution in [0, 0.1) is 13.8 Å². The van der Waals surface area contributed by atoms with Crippen molar-refractivity contribution in [2.75, 3.05) is 18.5 Å². The van der Waals surface area contributed by atoms with Crippen molar-refractivity contribution in [3.63, 3.8) is 0 Å². The maximum atomic E-state index is 12.6. The quantitative estimate of drug-likeness (QED) is 0.551. The molecule has 0 spiro atoms. The van der Waals surface area contributed by atoms with Crippen molar-refractivity contribution in [2.45, 2.75) is 20.4 Å². The Balaban J connectivity index is 1.87. The highest BCUT2D eigenvalue weighted by molar-refractivity contribution is 5.67. The molecular formula is C22H26N4O2. The molecule has 28 heavy (non-hydrogen) atoms. The molecule has 0 atom stereocenters. The molecule has 3 aromatic rings. The molecule has 0 aliphatic heterocycles. The van der Waals surface area contributed by atoms with Gasteiger partial charge in [0.25, 0.3) is 5.56 Å². The molecule has 0 unspecified atom stereocenters. The summed E-state index contributed by atoms with van der Waals surface area (Å²) < 4.78 is 1.56. The standard InChI is InChI=1S/C22H26N4O2/c1-15-5-4-6-19(16(15)2)20-14-26(3)22(28)21(25-20)24-18-9-7-17(8-10-18)13-23-11-12-27/h4-10,14,23,27H,11-13H2,1-3H3,(H,24,25). The number of hydrogen-bond donors (Lipinski definition) is 3. The zero-order chi connectivity index (χ0) is 20.1. The third-order valence-corrected chi connectivity index (χ3v) is 4.79. The van der Waals surface area contributed by atoms with Gasteiger partial charge in [0.05, 0.1) is 12.3 Å². The lowest BCUT2D eigenvalue weighted by Gasteiger charge is -2.12. The van der Waals surface area contributed by atoms with Gasteiger partial charge >= 0.3 is 0 Å². The number of aromatic nitrogens is 2. The monoisotopic (exact) mass is 378 g/mol. The minimum absolute atomic E-state index is 0.116. The van der Waals surface area contributed by atoms with Crippen LogP contribution >= 0.6 is 0 Å². The van der Waals surface area contributed by atoms with Gasteiger partial charge in [-0.1, -0.05) is 30.3 Å². The summed E-state index contributed by atoms with van der Waals surface area (Å²) in [5.74, 6) is 0.298. The van der Waals surface area contributed by atoms with E-state index in [1.54, 1.807) is 17.8 Å². The van der Waals surface area contributed by atoms with E-state index in [2.05, 4.69) is 35.5 Å². The molecule has 0 saturated heterocycles. The zero-order valence-corrected chi connectivity index (χ0v) is 16.5. The minimum atomic E-state index is -0.178. The Morgan fingerprint density at radius 3 is 2.57 bits per heavy atom. The lowest BCUT2D eigenvalue weighted by molar-refractivity contribution is 0.292. The normalized spacial score (nSPS) is 10.9. The van der Waals surface area contributed by atoms with Crippen molar-refractivity contribution in [1.82, 2.24) is 14.9 Å². The van der Waals surface area contributed by atoms with Crippen LogP contribution in [0.1, 0.15) is 16.7 Å². The summed E-state index contributed by atoms with van der Waals surface area (Å²) in [6.45, 7) is 5.49. The third-order valence-electron chi connectivity index (χ3n) is 4.79. The van der Waals surface area contributed by atoms with Crippen molar-refractivity contribution in [3.8, 4) is 11.3 Å². The van der Waals surface area contributed by atoms with Gasteiger partial charge in [-0.25, -0.2) is 4.98 Å². The van der Waals surface area contributed by atoms with Gasteiger partial charge in [-0.05, 0) is 42.7 Å². The van der Waals surface area contributed by atoms with Crippen LogP contribution in [0.2, 0.25) is 0 Å². The molecule has 0 fully saturated rings. The van der Waals surface area contributed by atoms with Crippen molar-refractivity contribution in [3.05, 3.63) is 75.7 Å². The summed E-state index contributed by atoms with van der Waals surface area (Å²) in [6, 6.07) is 13.9. The Labute approximate surface area is 164 Å². The zero-order valence-electron chi connectivity index (χ0n) is 16.5. The van der Waals surface area contributed by atoms with Crippen molar-refractivity contribution < 1.29 is 5.11 Å². The number of aliphatic hydroxyl groups excluding tert-OH is 1. The van der Waals surface area contributed by atoms with Crippen LogP contribution in [0.5, 0.6) is 0 Å². The third kappa shape index (κ3) is 4.47. The van der Waals surface area contributed by atoms with Gasteiger partial charge < -0.3 is 20.3 Å². The van der Waals surface area contributed by atoms with Gasteiger partial charge in [-0.2, -0.15) is 0 Å². The average molecular weight is 378 g/mol. The van der Waals surface area contributed by atoms with Crippen molar-refractivity contribution in [1.29, 1.82) is 0 Å². The van der Waals surface area contributed by atoms with Crippen LogP contribution in [-0.4, -0.2) is 27.8 Å². The second-order valence-corrected chi connectivity index (χ2v) is 6.86. The number of nitrogens with zero attached hydrogens (tertiary/aromatic N) is 2. The van der Waals surface area contributed by atoms with Crippen molar-refractivity contribution >= 4 is 11.5 Å². The van der Waals surface area contributed by atoms with Crippen LogP contribution in [0.15, 0.2) is 53.5 Å². The summed E-state index contributed by atoms with van der Waals surface area (Å²) in [5, 5.41) is 15.1. The molecule has 3 N–H and O–H groups in total. The summed E-state index contributed by atoms with van der Waals surface area (Å²) in [5.41, 5.74) is 5.84. The number of rotatable bonds is 7. The lowest BCUT2D eigenvalue weighted by Crippen LogP contribution is -2.21. The van der Waals surface area contributed by atoms with Crippen LogP contribution < -0.4 is 16.2 Å². The van der Waals surface area contributed by atoms with Crippen molar-refractivity contribution in [2.24, 2.45) is 7.05 Å². The Morgan fingerprint density at radius 2 is 1.86 bits per heavy atom. The smallest absolute Gasteiger partial charge is 0.293 e. The molecule has 3 rings (SSSR count). The van der Waals surface area contributed by atoms with E-state index < -0.39 is 0 Å². The maximum absolute atomic E-state index is 12.6. The highest BCUT2D eigenvalue weighted by Gasteiger charge is 2.11. The van der Waals surface area contributed by atoms with Gasteiger partial charge in [0.1, 0.15) is 0 Å². The molecular weight excluding hydrogens is 352 g/mol. The first kappa shape index (κ1) is 19.8. The fourth-order valence-corrected chi connectivity index (χ4v) is 3.00. The molecule has 0 bridgehead atoms. The second kappa shape index (κ2) is 8.82. The summed E-state index contributed by atoms with van der Waals surface area (Å²) >= 11 is 0. The first-order valence-corrected chi connectivity index (χ1v) is 9.31. The Morgan fingerprint density at radius 1 is 1.11 bits per heavy atom. The largest absolute Gasteiger partial charge is 0.395 e. The molecule has 1 heterocycles. The topological polar surface area (TPSA) is 79.2 Å². The number of benzene rings is 2. The molecule has 0 radical (unpaired) electrons. The van der Waals surface area contributed by atoms with E-state index in [9.17, 15) is 4.79 Å². The average Bonchev–Trinajstić information content (AvgIpc) is 2.69. The van der Waals surface area contributed by atoms with E-state index >= 15 is 0 Å². The van der Waals surface area contributed by atoms with E-state index in [1.165, 1.54) is 5.56 Å². The van der Waals surface area contributed by atoms with Gasteiger partial charge in [0.15, 0.2) is 5.82 Å². The number of hydrogen-bond acceptors (Lipinski definition) is 5. The van der Waals surface area contributed by atoms with Crippen LogP contribution in [0.4, 0.5) is 11.5 Å². The molecule has 6 heteroatoms. The number of aryl methyl sites for hydroxylation is 2. The van der Waals surface area contributed by atoms with E-state index in [4.69, 9.17) is 5.11 Å². The van der Waals surface area contributed by atoms with Crippen LogP contribution in [0.25, 0.3) is 11.3 Å². The highest BCUT2D eigenvalue weighted by Crippen LogP contribution is 2.24. The summed E-state index contributed by atoms with van der Waals surface area (Å²) in [7, 11) is 1.74. The highest BCUT2D eigenvalue weighted by atomic mass is 16.3. The first-order valence-electron chi connectivity index (χ1n) is 9.31. The van der Waals surface area contributed by atoms with E-state index in [0.717, 1.165) is 28.1 Å². The SMILES string of the molecule is Cc1cccc(-c2cn(C)c(=O)c(Nc3ccc(CNCCO)cc3)n2)c1C. The number of nitrogens with one attached hydrogen (secondary N) is 2. The lowest BCUT2D eigenvalue weighted by atomic mass is 10.0. The first-order chi connectivity index (χ1) is 13.5. The molecule has 6 nitrogen and oxygen atoms in total. The van der Waals surface area contributed by atoms with E-state index in [-0.39, 0.29) is 12.2 Å². The van der Waals surface area contributed by atoms with Crippen LogP contribution in [0.3, 0.4) is 0 Å². The van der Waals surface area contributed by atoms with Gasteiger partial charge in [0, 0.05) is 37.6 Å². The van der Waals surface area contributed by atoms with E-state index in [1.807, 2.05) is 36.4 Å². The predicted molar refractivity (Wildman–Crippen MR) is 113 cm³/mol. The second-order valence-electron chi connectivity index (χ2n) is 6.86. The predicted octanol–water partition coefficient (Wildman–Crippen LogP) is 2.89. The molecule has 0 aliphatic carbocycles. The molecule has 2 aromatic carbocycles. The molecule has 1 aromatic heterocycles. The molecule has 0 amide bonds. The molecule has 146 valence electrons. The Kier molecular flexibility index (Phi) is 6.23. The molecule has 0 aliphatic rings. The fraction of sp³-hybridized carbons (Fsp3) is 0.273. The maximum Gasteiger partial charge on any atom is 0.293 e. The summed E-state index contributed by atoms with van der Waals surface area (Å²) in [6.07, 6.45) is 1.77. The molecule has 0 saturated carbocycles. The van der Waals surface area contributed by atoms with Gasteiger partial charge in [-0.3, -0.25) is 4.79 Å². The number of anilines is 2. The Bertz CT molecular complexity index is 1010.